The van der Waals surface area contributed by atoms with Gasteiger partial charge in [-0.25, -0.2) is 4.98 Å². The number of carbonyl (C=O) groups is 1. The monoisotopic (exact) mass is 278 g/mol. The molecule has 5 nitrogen and oxygen atoms in total. The van der Waals surface area contributed by atoms with E-state index < -0.39 is 0 Å². The lowest BCUT2D eigenvalue weighted by Crippen LogP contribution is -2.15. The maximum Gasteiger partial charge on any atom is 0.186 e. The molecule has 0 aliphatic heterocycles. The molecule has 0 atom stereocenters. The second kappa shape index (κ2) is 5.97. The van der Waals surface area contributed by atoms with Crippen molar-refractivity contribution in [1.29, 1.82) is 0 Å². The van der Waals surface area contributed by atoms with Crippen LogP contribution in [0.3, 0.4) is 0 Å². The zero-order chi connectivity index (χ0) is 13.8. The van der Waals surface area contributed by atoms with E-state index in [1.807, 2.05) is 31.4 Å². The van der Waals surface area contributed by atoms with Gasteiger partial charge < -0.3 is 4.90 Å². The molecule has 0 bridgehead atoms. The molecular weight excluding hydrogens is 260 g/mol. The van der Waals surface area contributed by atoms with E-state index in [-0.39, 0.29) is 0 Å². The Morgan fingerprint density at radius 2 is 2.32 bits per heavy atom. The third kappa shape index (κ3) is 3.20. The van der Waals surface area contributed by atoms with Gasteiger partial charge in [-0.3, -0.25) is 9.48 Å². The van der Waals surface area contributed by atoms with Gasteiger partial charge >= 0.3 is 0 Å². The molecule has 2 heterocycles. The highest BCUT2D eigenvalue weighted by Crippen LogP contribution is 2.26. The van der Waals surface area contributed by atoms with E-state index >= 15 is 0 Å². The van der Waals surface area contributed by atoms with E-state index in [9.17, 15) is 4.79 Å². The number of aromatic nitrogens is 3. The van der Waals surface area contributed by atoms with Crippen LogP contribution in [0.25, 0.3) is 0 Å². The van der Waals surface area contributed by atoms with Gasteiger partial charge in [0.2, 0.25) is 0 Å². The number of rotatable bonds is 6. The van der Waals surface area contributed by atoms with Crippen LogP contribution in [0.4, 0.5) is 5.13 Å². The summed E-state index contributed by atoms with van der Waals surface area (Å²) in [4.78, 5) is 18.4. The van der Waals surface area contributed by atoms with E-state index in [4.69, 9.17) is 0 Å². The van der Waals surface area contributed by atoms with Gasteiger partial charge in [-0.2, -0.15) is 5.10 Å². The molecule has 0 amide bonds. The molecule has 0 N–H and O–H groups in total. The Labute approximate surface area is 116 Å². The first kappa shape index (κ1) is 13.7. The van der Waals surface area contributed by atoms with Gasteiger partial charge in [-0.15, -0.1) is 0 Å². The summed E-state index contributed by atoms with van der Waals surface area (Å²) >= 11 is 1.45. The van der Waals surface area contributed by atoms with Gasteiger partial charge in [0.05, 0.1) is 16.8 Å². The van der Waals surface area contributed by atoms with Gasteiger partial charge in [0.15, 0.2) is 11.4 Å². The molecule has 0 radical (unpaired) electrons. The van der Waals surface area contributed by atoms with Gasteiger partial charge in [0.25, 0.3) is 0 Å². The fraction of sp³-hybridized carbons (Fsp3) is 0.462. The lowest BCUT2D eigenvalue weighted by atomic mass is 10.2. The molecule has 0 aliphatic carbocycles. The molecule has 0 aromatic carbocycles. The van der Waals surface area contributed by atoms with Crippen LogP contribution in [0.1, 0.15) is 34.3 Å². The molecule has 0 saturated carbocycles. The third-order valence-electron chi connectivity index (χ3n) is 2.81. The number of carbonyl (C=O) groups excluding carboxylic acids is 1. The smallest absolute Gasteiger partial charge is 0.186 e. The summed E-state index contributed by atoms with van der Waals surface area (Å²) in [6.45, 7) is 2.83. The Morgan fingerprint density at radius 1 is 1.53 bits per heavy atom. The van der Waals surface area contributed by atoms with Crippen molar-refractivity contribution in [3.63, 3.8) is 0 Å². The number of aryl methyl sites for hydroxylation is 2. The molecule has 6 heteroatoms. The first-order valence-electron chi connectivity index (χ1n) is 6.27. The molecule has 0 fully saturated rings. The number of hydrogen-bond acceptors (Lipinski definition) is 5. The molecule has 19 heavy (non-hydrogen) atoms. The average Bonchev–Trinajstić information content (AvgIpc) is 2.96. The number of nitrogens with zero attached hydrogens (tertiary/aromatic N) is 4. The molecule has 102 valence electrons. The molecule has 2 aromatic rings. The fourth-order valence-corrected chi connectivity index (χ4v) is 2.80. The summed E-state index contributed by atoms with van der Waals surface area (Å²) in [5, 5.41) is 5.03. The van der Waals surface area contributed by atoms with Crippen LogP contribution in [0.15, 0.2) is 12.4 Å². The fourth-order valence-electron chi connectivity index (χ4n) is 1.92. The Bertz CT molecular complexity index is 561. The van der Waals surface area contributed by atoms with Crippen molar-refractivity contribution in [2.24, 2.45) is 7.05 Å². The van der Waals surface area contributed by atoms with E-state index in [0.717, 1.165) is 46.9 Å². The predicted octanol–water partition coefficient (Wildman–Crippen LogP) is 2.28. The largest absolute Gasteiger partial charge is 0.347 e. The van der Waals surface area contributed by atoms with Crippen molar-refractivity contribution in [3.8, 4) is 0 Å². The Balaban J connectivity index is 2.14. The van der Waals surface area contributed by atoms with Crippen LogP contribution in [-0.4, -0.2) is 28.1 Å². The minimum atomic E-state index is 0.741. The topological polar surface area (TPSA) is 51.0 Å². The predicted molar refractivity (Wildman–Crippen MR) is 76.8 cm³/mol. The lowest BCUT2D eigenvalue weighted by Gasteiger charge is -2.13. The zero-order valence-corrected chi connectivity index (χ0v) is 12.3. The number of hydrogen-bond donors (Lipinski definition) is 0. The molecule has 0 aliphatic rings. The van der Waals surface area contributed by atoms with Crippen molar-refractivity contribution in [3.05, 3.63) is 28.5 Å². The molecule has 0 saturated heterocycles. The quantitative estimate of drug-likeness (QED) is 0.761. The normalized spacial score (nSPS) is 10.7. The van der Waals surface area contributed by atoms with Crippen molar-refractivity contribution in [1.82, 2.24) is 14.8 Å². The minimum Gasteiger partial charge on any atom is -0.347 e. The first-order chi connectivity index (χ1) is 9.13. The van der Waals surface area contributed by atoms with Crippen LogP contribution in [-0.2, 0) is 20.0 Å². The average molecular weight is 278 g/mol. The highest BCUT2D eigenvalue weighted by molar-refractivity contribution is 7.17. The van der Waals surface area contributed by atoms with Crippen molar-refractivity contribution < 1.29 is 4.79 Å². The Kier molecular flexibility index (Phi) is 4.31. The maximum atomic E-state index is 11.0. The Hall–Kier alpha value is -1.69. The van der Waals surface area contributed by atoms with Crippen molar-refractivity contribution in [2.75, 3.05) is 11.9 Å². The van der Waals surface area contributed by atoms with Crippen LogP contribution in [0.2, 0.25) is 0 Å². The first-order valence-corrected chi connectivity index (χ1v) is 7.09. The van der Waals surface area contributed by atoms with Crippen LogP contribution >= 0.6 is 11.3 Å². The number of anilines is 1. The second-order valence-corrected chi connectivity index (χ2v) is 5.56. The second-order valence-electron chi connectivity index (χ2n) is 4.55. The number of aldehydes is 1. The SMILES string of the molecule is CCCc1nc(N(C)Cc2cnn(C)c2)sc1C=O. The summed E-state index contributed by atoms with van der Waals surface area (Å²) < 4.78 is 1.78. The molecular formula is C13H18N4OS. The van der Waals surface area contributed by atoms with E-state index in [0.29, 0.717) is 0 Å². The summed E-state index contributed by atoms with van der Waals surface area (Å²) in [5.74, 6) is 0. The lowest BCUT2D eigenvalue weighted by molar-refractivity contribution is 0.112. The third-order valence-corrected chi connectivity index (χ3v) is 3.95. The molecule has 2 rings (SSSR count). The number of thiazole rings is 1. The minimum absolute atomic E-state index is 0.741. The molecule has 2 aromatic heterocycles. The van der Waals surface area contributed by atoms with Crippen LogP contribution < -0.4 is 4.90 Å². The standard InChI is InChI=1S/C13H18N4OS/c1-4-5-11-12(9-18)19-13(15-11)16(2)7-10-6-14-17(3)8-10/h6,8-9H,4-5,7H2,1-3H3. The van der Waals surface area contributed by atoms with Crippen molar-refractivity contribution >= 4 is 22.8 Å². The van der Waals surface area contributed by atoms with Gasteiger partial charge in [-0.05, 0) is 6.42 Å². The van der Waals surface area contributed by atoms with E-state index in [1.165, 1.54) is 11.3 Å². The summed E-state index contributed by atoms with van der Waals surface area (Å²) in [5.41, 5.74) is 2.04. The summed E-state index contributed by atoms with van der Waals surface area (Å²) in [6.07, 6.45) is 6.58. The van der Waals surface area contributed by atoms with E-state index in [1.54, 1.807) is 4.68 Å². The van der Waals surface area contributed by atoms with E-state index in [2.05, 4.69) is 17.0 Å². The van der Waals surface area contributed by atoms with Gasteiger partial charge in [0.1, 0.15) is 0 Å². The highest BCUT2D eigenvalue weighted by Gasteiger charge is 2.13. The summed E-state index contributed by atoms with van der Waals surface area (Å²) in [6, 6.07) is 0. The summed E-state index contributed by atoms with van der Waals surface area (Å²) in [7, 11) is 3.88. The molecule has 0 spiro atoms. The van der Waals surface area contributed by atoms with Crippen LogP contribution in [0, 0.1) is 0 Å². The maximum absolute atomic E-state index is 11.0. The molecule has 0 unspecified atom stereocenters. The van der Waals surface area contributed by atoms with Gasteiger partial charge in [-0.1, -0.05) is 24.7 Å². The highest BCUT2D eigenvalue weighted by atomic mass is 32.1. The van der Waals surface area contributed by atoms with Crippen molar-refractivity contribution in [2.45, 2.75) is 26.3 Å². The van der Waals surface area contributed by atoms with Crippen LogP contribution in [0.5, 0.6) is 0 Å². The van der Waals surface area contributed by atoms with Gasteiger partial charge in [0, 0.05) is 32.4 Å². The Morgan fingerprint density at radius 3 is 2.89 bits per heavy atom. The zero-order valence-electron chi connectivity index (χ0n) is 11.5.